The van der Waals surface area contributed by atoms with E-state index in [4.69, 9.17) is 16.4 Å². The molecule has 2 aromatic carbocycles. The number of halogens is 1. The number of carbonyl (C=O) groups excluding carboxylic acids is 5. The van der Waals surface area contributed by atoms with E-state index >= 15 is 0 Å². The van der Waals surface area contributed by atoms with Crippen molar-refractivity contribution in [3.8, 4) is 0 Å². The molecular weight excluding hydrogens is 600 g/mol. The van der Waals surface area contributed by atoms with Crippen LogP contribution in [0.25, 0.3) is 5.70 Å². The van der Waals surface area contributed by atoms with E-state index in [1.54, 1.807) is 18.2 Å². The number of nitrogens with one attached hydrogen (secondary N) is 5. The van der Waals surface area contributed by atoms with Crippen molar-refractivity contribution in [2.45, 2.75) is 69.3 Å². The molecule has 1 spiro atoms. The van der Waals surface area contributed by atoms with Crippen LogP contribution in [0.2, 0.25) is 5.02 Å². The molecule has 0 aromatic heterocycles. The minimum Gasteiger partial charge on any atom is -0.347 e. The van der Waals surface area contributed by atoms with Gasteiger partial charge < -0.3 is 26.2 Å². The van der Waals surface area contributed by atoms with Gasteiger partial charge in [-0.15, -0.1) is 0 Å². The summed E-state index contributed by atoms with van der Waals surface area (Å²) in [6.07, 6.45) is 4.33. The first-order valence-corrected chi connectivity index (χ1v) is 15.5. The van der Waals surface area contributed by atoms with Crippen LogP contribution in [0.4, 0.5) is 4.79 Å². The number of hydrogen-bond donors (Lipinski definition) is 5. The predicted octanol–water partition coefficient (Wildman–Crippen LogP) is 2.19. The molecule has 3 aliphatic rings. The van der Waals surface area contributed by atoms with Gasteiger partial charge in [0, 0.05) is 29.6 Å². The van der Waals surface area contributed by atoms with Gasteiger partial charge in [0.05, 0.1) is 24.8 Å². The lowest BCUT2D eigenvalue weighted by Crippen LogP contribution is -2.54. The van der Waals surface area contributed by atoms with Crippen molar-refractivity contribution in [1.29, 1.82) is 0 Å². The number of nitrogens with zero attached hydrogens (tertiary/aromatic N) is 1. The average molecular weight is 637 g/mol. The van der Waals surface area contributed by atoms with E-state index < -0.39 is 47.2 Å². The topological polar surface area (TPSA) is 158 Å². The lowest BCUT2D eigenvalue weighted by atomic mass is 9.97. The molecule has 2 fully saturated rings. The van der Waals surface area contributed by atoms with Gasteiger partial charge in [0.2, 0.25) is 17.6 Å². The molecular formula is C32H37ClN6O6. The highest BCUT2D eigenvalue weighted by Crippen LogP contribution is 2.38. The number of amides is 5. The highest BCUT2D eigenvalue weighted by Gasteiger charge is 2.52. The lowest BCUT2D eigenvalue weighted by molar-refractivity contribution is -0.142. The molecule has 0 radical (unpaired) electrons. The van der Waals surface area contributed by atoms with Crippen LogP contribution in [0.5, 0.6) is 0 Å². The van der Waals surface area contributed by atoms with Crippen molar-refractivity contribution in [3.05, 3.63) is 76.8 Å². The number of likely N-dealkylation sites (tertiary alicyclic amines) is 1. The summed E-state index contributed by atoms with van der Waals surface area (Å²) >= 11 is 6.18. The van der Waals surface area contributed by atoms with Crippen LogP contribution in [0.1, 0.15) is 50.2 Å². The molecule has 13 heteroatoms. The molecule has 0 unspecified atom stereocenters. The highest BCUT2D eigenvalue weighted by atomic mass is 35.5. The van der Waals surface area contributed by atoms with Crippen LogP contribution in [-0.2, 0) is 30.6 Å². The molecule has 12 nitrogen and oxygen atoms in total. The summed E-state index contributed by atoms with van der Waals surface area (Å²) in [6.45, 7) is 1.75. The van der Waals surface area contributed by atoms with Gasteiger partial charge in [-0.05, 0) is 43.0 Å². The van der Waals surface area contributed by atoms with Gasteiger partial charge in [-0.2, -0.15) is 0 Å². The molecule has 2 aromatic rings. The molecule has 5 rings (SSSR count). The number of rotatable bonds is 12. The van der Waals surface area contributed by atoms with Crippen LogP contribution in [0, 0.1) is 0 Å². The van der Waals surface area contributed by atoms with Gasteiger partial charge in [0.25, 0.3) is 5.91 Å². The fourth-order valence-electron chi connectivity index (χ4n) is 5.42. The molecule has 2 aliphatic heterocycles. The van der Waals surface area contributed by atoms with Gasteiger partial charge in [0.1, 0.15) is 11.6 Å². The van der Waals surface area contributed by atoms with Crippen LogP contribution in [-0.4, -0.2) is 71.3 Å². The molecule has 3 atom stereocenters. The van der Waals surface area contributed by atoms with Gasteiger partial charge in [-0.1, -0.05) is 67.4 Å². The Morgan fingerprint density at radius 2 is 1.84 bits per heavy atom. The quantitative estimate of drug-likeness (QED) is 0.224. The van der Waals surface area contributed by atoms with E-state index in [-0.39, 0.29) is 38.5 Å². The summed E-state index contributed by atoms with van der Waals surface area (Å²) in [7, 11) is 0. The summed E-state index contributed by atoms with van der Waals surface area (Å²) in [5, 5.41) is 11.2. The van der Waals surface area contributed by atoms with Gasteiger partial charge >= 0.3 is 6.03 Å². The average Bonchev–Trinajstić information content (AvgIpc) is 3.63. The standard InChI is InChI=1S/C32H37ClN6O6/c1-2-7-24(28(41)30(43)36-23-12-13-23)37-29(42)26-16-32(15-25(38-45-32)21-10-6-11-22(33)14-21)19-39(26)27(40)18-35-31(44)34-17-20-8-4-3-5-9-20/h3-6,8-11,14-15,23-24,26,38H,2,7,12-13,16-19H2,1H3,(H,36,43)(H,37,42)(H2,34,35,44)/t24-,26-,32+/m0/s1. The molecule has 45 heavy (non-hydrogen) atoms. The van der Waals surface area contributed by atoms with Crippen LogP contribution >= 0.6 is 11.6 Å². The van der Waals surface area contributed by atoms with E-state index in [1.165, 1.54) is 4.90 Å². The van der Waals surface area contributed by atoms with Gasteiger partial charge in [-0.3, -0.25) is 29.5 Å². The Hall–Kier alpha value is -4.42. The third-order valence-electron chi connectivity index (χ3n) is 7.93. The Kier molecular flexibility index (Phi) is 10.0. The van der Waals surface area contributed by atoms with E-state index in [0.717, 1.165) is 24.0 Å². The number of benzene rings is 2. The molecule has 5 N–H and O–H groups in total. The van der Waals surface area contributed by atoms with E-state index in [2.05, 4.69) is 26.7 Å². The van der Waals surface area contributed by atoms with Crippen molar-refractivity contribution in [2.24, 2.45) is 0 Å². The fourth-order valence-corrected chi connectivity index (χ4v) is 5.61. The summed E-state index contributed by atoms with van der Waals surface area (Å²) in [4.78, 5) is 72.5. The van der Waals surface area contributed by atoms with Gasteiger partial charge in [-0.25, -0.2) is 4.79 Å². The predicted molar refractivity (Wildman–Crippen MR) is 166 cm³/mol. The monoisotopic (exact) mass is 636 g/mol. The lowest BCUT2D eigenvalue weighted by Gasteiger charge is -2.26. The van der Waals surface area contributed by atoms with Crippen molar-refractivity contribution >= 4 is 46.8 Å². The van der Waals surface area contributed by atoms with Crippen LogP contribution in [0.15, 0.2) is 60.7 Å². The fraction of sp³-hybridized carbons (Fsp3) is 0.406. The van der Waals surface area contributed by atoms with Crippen molar-refractivity contribution in [2.75, 3.05) is 13.1 Å². The van der Waals surface area contributed by atoms with Crippen molar-refractivity contribution < 1.29 is 28.8 Å². The summed E-state index contributed by atoms with van der Waals surface area (Å²) in [5.74, 6) is -2.55. The van der Waals surface area contributed by atoms with E-state index in [1.807, 2.05) is 49.4 Å². The molecule has 5 amide bonds. The first kappa shape index (κ1) is 32.0. The third kappa shape index (κ3) is 8.20. The SMILES string of the molecule is CCC[C@H](NC(=O)[C@@H]1C[C@]2(C=C(c3cccc(Cl)c3)NO2)CN1C(=O)CNC(=O)NCc1ccccc1)C(=O)C(=O)NC1CC1. The molecule has 2 heterocycles. The Labute approximate surface area is 266 Å². The molecule has 238 valence electrons. The first-order valence-electron chi connectivity index (χ1n) is 15.1. The smallest absolute Gasteiger partial charge is 0.315 e. The zero-order valence-electron chi connectivity index (χ0n) is 24.9. The second-order valence-electron chi connectivity index (χ2n) is 11.6. The highest BCUT2D eigenvalue weighted by molar-refractivity contribution is 6.38. The number of hydrogen-bond acceptors (Lipinski definition) is 7. The number of Topliss-reactive ketones (excluding diaryl/α,β-unsaturated/α-hetero) is 1. The summed E-state index contributed by atoms with van der Waals surface area (Å²) in [6, 6.07) is 13.8. The summed E-state index contributed by atoms with van der Waals surface area (Å²) < 4.78 is 0. The van der Waals surface area contributed by atoms with Crippen LogP contribution < -0.4 is 26.7 Å². The summed E-state index contributed by atoms with van der Waals surface area (Å²) in [5.41, 5.74) is 4.11. The second kappa shape index (κ2) is 14.1. The number of urea groups is 1. The first-order chi connectivity index (χ1) is 21.7. The molecule has 1 saturated heterocycles. The third-order valence-corrected chi connectivity index (χ3v) is 8.16. The maximum atomic E-state index is 13.7. The van der Waals surface area contributed by atoms with E-state index in [0.29, 0.717) is 17.1 Å². The Balaban J connectivity index is 1.30. The second-order valence-corrected chi connectivity index (χ2v) is 12.0. The Morgan fingerprint density at radius 1 is 1.07 bits per heavy atom. The maximum Gasteiger partial charge on any atom is 0.315 e. The largest absolute Gasteiger partial charge is 0.347 e. The molecule has 1 aliphatic carbocycles. The minimum atomic E-state index is -1.07. The number of hydroxylamine groups is 1. The van der Waals surface area contributed by atoms with Crippen molar-refractivity contribution in [1.82, 2.24) is 31.6 Å². The van der Waals surface area contributed by atoms with Crippen molar-refractivity contribution in [3.63, 3.8) is 0 Å². The van der Waals surface area contributed by atoms with Gasteiger partial charge in [0.15, 0.2) is 0 Å². The molecule has 0 bridgehead atoms. The minimum absolute atomic E-state index is 0.00283. The zero-order chi connectivity index (χ0) is 32.0. The number of ketones is 1. The zero-order valence-corrected chi connectivity index (χ0v) is 25.7. The number of carbonyl (C=O) groups is 5. The Bertz CT molecular complexity index is 1480. The van der Waals surface area contributed by atoms with Crippen LogP contribution in [0.3, 0.4) is 0 Å². The van der Waals surface area contributed by atoms with E-state index in [9.17, 15) is 24.0 Å². The Morgan fingerprint density at radius 3 is 2.56 bits per heavy atom. The molecule has 1 saturated carbocycles. The normalized spacial score (nSPS) is 21.0. The maximum absolute atomic E-state index is 13.7.